The van der Waals surface area contributed by atoms with Gasteiger partial charge in [-0.2, -0.15) is 0 Å². The number of hydrogen-bond donors (Lipinski definition) is 0. The van der Waals surface area contributed by atoms with Gasteiger partial charge in [-0.05, 0) is 53.7 Å². The molecular weight excluding hydrogens is 354 g/mol. The molecule has 23 heavy (non-hydrogen) atoms. The van der Waals surface area contributed by atoms with Crippen LogP contribution in [0.3, 0.4) is 0 Å². The van der Waals surface area contributed by atoms with Crippen molar-refractivity contribution in [3.8, 4) is 0 Å². The van der Waals surface area contributed by atoms with Gasteiger partial charge < -0.3 is 4.90 Å². The van der Waals surface area contributed by atoms with E-state index in [1.165, 1.54) is 0 Å². The molecule has 0 fully saturated rings. The number of aryl methyl sites for hydroxylation is 2. The first kappa shape index (κ1) is 18.0. The second-order valence-corrected chi connectivity index (χ2v) is 6.90. The van der Waals surface area contributed by atoms with E-state index >= 15 is 0 Å². The summed E-state index contributed by atoms with van der Waals surface area (Å²) in [6, 6.07) is 2.04. The number of nitrogens with zero attached hydrogens (tertiary/aromatic N) is 3. The number of pyridine rings is 1. The molecule has 0 aliphatic heterocycles. The van der Waals surface area contributed by atoms with E-state index in [4.69, 9.17) is 4.98 Å². The van der Waals surface area contributed by atoms with Gasteiger partial charge in [-0.15, -0.1) is 0 Å². The van der Waals surface area contributed by atoms with Crippen LogP contribution in [0, 0.1) is 6.92 Å². The van der Waals surface area contributed by atoms with Crippen LogP contribution < -0.4 is 0 Å². The molecule has 0 spiro atoms. The molecule has 5 heteroatoms. The van der Waals surface area contributed by atoms with E-state index in [1.54, 1.807) is 0 Å². The van der Waals surface area contributed by atoms with Crippen LogP contribution in [0.4, 0.5) is 0 Å². The van der Waals surface area contributed by atoms with Gasteiger partial charge >= 0.3 is 0 Å². The number of aromatic nitrogens is 2. The number of halogens is 1. The fourth-order valence-corrected chi connectivity index (χ4v) is 3.51. The van der Waals surface area contributed by atoms with Crippen molar-refractivity contribution in [2.45, 2.75) is 53.4 Å². The molecule has 0 N–H and O–H groups in total. The normalized spacial score (nSPS) is 11.2. The summed E-state index contributed by atoms with van der Waals surface area (Å²) in [5.74, 6) is 0.0992. The van der Waals surface area contributed by atoms with Gasteiger partial charge in [-0.25, -0.2) is 4.98 Å². The number of rotatable bonds is 7. The van der Waals surface area contributed by atoms with Crippen LogP contribution in [-0.2, 0) is 6.42 Å². The summed E-state index contributed by atoms with van der Waals surface area (Å²) in [4.78, 5) is 19.9. The van der Waals surface area contributed by atoms with Crippen LogP contribution in [-0.4, -0.2) is 33.3 Å². The summed E-state index contributed by atoms with van der Waals surface area (Å²) in [5, 5.41) is 0. The maximum absolute atomic E-state index is 13.2. The fourth-order valence-electron chi connectivity index (χ4n) is 2.96. The molecule has 0 saturated heterocycles. The lowest BCUT2D eigenvalue weighted by molar-refractivity contribution is 0.0747. The molecule has 2 heterocycles. The molecule has 0 atom stereocenters. The van der Waals surface area contributed by atoms with Crippen LogP contribution in [0.2, 0.25) is 0 Å². The maximum Gasteiger partial charge on any atom is 0.272 e. The minimum Gasteiger partial charge on any atom is -0.337 e. The van der Waals surface area contributed by atoms with E-state index in [-0.39, 0.29) is 5.91 Å². The van der Waals surface area contributed by atoms with E-state index in [0.717, 1.165) is 65.8 Å². The second-order valence-electron chi connectivity index (χ2n) is 5.98. The Kier molecular flexibility index (Phi) is 6.22. The first-order chi connectivity index (χ1) is 11.0. The molecule has 1 amide bonds. The Hall–Kier alpha value is -1.36. The van der Waals surface area contributed by atoms with Crippen molar-refractivity contribution in [2.24, 2.45) is 0 Å². The minimum atomic E-state index is 0.0992. The molecule has 0 radical (unpaired) electrons. The molecule has 0 aromatic carbocycles. The van der Waals surface area contributed by atoms with Crippen molar-refractivity contribution in [1.82, 2.24) is 14.3 Å². The average Bonchev–Trinajstić information content (AvgIpc) is 2.85. The molecule has 0 unspecified atom stereocenters. The highest BCUT2D eigenvalue weighted by atomic mass is 79.9. The van der Waals surface area contributed by atoms with Gasteiger partial charge in [0.05, 0.1) is 5.69 Å². The summed E-state index contributed by atoms with van der Waals surface area (Å²) >= 11 is 3.54. The predicted octanol–water partition coefficient (Wildman–Crippen LogP) is 4.62. The Morgan fingerprint density at radius 2 is 1.87 bits per heavy atom. The van der Waals surface area contributed by atoms with Gasteiger partial charge in [0.1, 0.15) is 11.3 Å². The van der Waals surface area contributed by atoms with E-state index in [9.17, 15) is 4.79 Å². The summed E-state index contributed by atoms with van der Waals surface area (Å²) in [7, 11) is 0. The van der Waals surface area contributed by atoms with E-state index in [1.807, 2.05) is 28.5 Å². The third-order valence-electron chi connectivity index (χ3n) is 3.91. The zero-order valence-corrected chi connectivity index (χ0v) is 16.1. The zero-order valence-electron chi connectivity index (χ0n) is 14.5. The van der Waals surface area contributed by atoms with Crippen molar-refractivity contribution < 1.29 is 4.79 Å². The Morgan fingerprint density at radius 3 is 2.43 bits per heavy atom. The van der Waals surface area contributed by atoms with Crippen molar-refractivity contribution in [3.63, 3.8) is 0 Å². The molecule has 4 nitrogen and oxygen atoms in total. The lowest BCUT2D eigenvalue weighted by Gasteiger charge is -2.22. The second kappa shape index (κ2) is 7.95. The summed E-state index contributed by atoms with van der Waals surface area (Å²) < 4.78 is 2.93. The Bertz CT molecular complexity index is 687. The summed E-state index contributed by atoms with van der Waals surface area (Å²) in [6.45, 7) is 9.96. The third kappa shape index (κ3) is 3.77. The molecule has 2 aromatic heterocycles. The van der Waals surface area contributed by atoms with Gasteiger partial charge in [-0.3, -0.25) is 9.20 Å². The highest BCUT2D eigenvalue weighted by Gasteiger charge is 2.24. The zero-order chi connectivity index (χ0) is 17.0. The van der Waals surface area contributed by atoms with Crippen molar-refractivity contribution in [2.75, 3.05) is 13.1 Å². The monoisotopic (exact) mass is 379 g/mol. The Balaban J connectivity index is 2.60. The number of imidazole rings is 1. The van der Waals surface area contributed by atoms with E-state index < -0.39 is 0 Å². The van der Waals surface area contributed by atoms with Crippen molar-refractivity contribution in [1.29, 1.82) is 0 Å². The fraction of sp³-hybridized carbons (Fsp3) is 0.556. The lowest BCUT2D eigenvalue weighted by Crippen LogP contribution is -2.34. The summed E-state index contributed by atoms with van der Waals surface area (Å²) in [6.07, 6.45) is 5.69. The van der Waals surface area contributed by atoms with Crippen LogP contribution in [0.5, 0.6) is 0 Å². The highest BCUT2D eigenvalue weighted by Crippen LogP contribution is 2.23. The molecule has 0 aliphatic rings. The smallest absolute Gasteiger partial charge is 0.272 e. The van der Waals surface area contributed by atoms with Crippen molar-refractivity contribution in [3.05, 3.63) is 33.7 Å². The molecule has 0 saturated carbocycles. The van der Waals surface area contributed by atoms with Crippen LogP contribution in [0.1, 0.15) is 61.8 Å². The van der Waals surface area contributed by atoms with Gasteiger partial charge in [0.25, 0.3) is 5.91 Å². The minimum absolute atomic E-state index is 0.0992. The number of fused-ring (bicyclic) bond motifs is 1. The van der Waals surface area contributed by atoms with Crippen LogP contribution in [0.15, 0.2) is 16.7 Å². The van der Waals surface area contributed by atoms with E-state index in [2.05, 4.69) is 36.7 Å². The number of carbonyl (C=O) groups is 1. The van der Waals surface area contributed by atoms with Crippen molar-refractivity contribution >= 4 is 27.5 Å². The topological polar surface area (TPSA) is 37.6 Å². The number of hydrogen-bond acceptors (Lipinski definition) is 2. The molecule has 126 valence electrons. The first-order valence-electron chi connectivity index (χ1n) is 8.49. The standard InChI is InChI=1S/C18H26BrN3O/c1-5-8-15-16(18(23)21(9-6-2)10-7-3)22-12-14(19)11-13(4)17(22)20-15/h11-12H,5-10H2,1-4H3. The molecule has 0 bridgehead atoms. The third-order valence-corrected chi connectivity index (χ3v) is 4.34. The largest absolute Gasteiger partial charge is 0.337 e. The van der Waals surface area contributed by atoms with Crippen LogP contribution in [0.25, 0.3) is 5.65 Å². The Morgan fingerprint density at radius 1 is 1.22 bits per heavy atom. The predicted molar refractivity (Wildman–Crippen MR) is 98.1 cm³/mol. The van der Waals surface area contributed by atoms with Gasteiger partial charge in [0, 0.05) is 23.8 Å². The molecule has 2 rings (SSSR count). The van der Waals surface area contributed by atoms with Gasteiger partial charge in [-0.1, -0.05) is 27.2 Å². The maximum atomic E-state index is 13.2. The van der Waals surface area contributed by atoms with Crippen LogP contribution >= 0.6 is 15.9 Å². The number of amides is 1. The average molecular weight is 380 g/mol. The first-order valence-corrected chi connectivity index (χ1v) is 9.29. The molecule has 0 aliphatic carbocycles. The number of carbonyl (C=O) groups excluding carboxylic acids is 1. The Labute approximate surface area is 147 Å². The quantitative estimate of drug-likeness (QED) is 0.703. The summed E-state index contributed by atoms with van der Waals surface area (Å²) in [5.41, 5.74) is 3.60. The molecular formula is C18H26BrN3O. The van der Waals surface area contributed by atoms with Gasteiger partial charge in [0.2, 0.25) is 0 Å². The molecule has 2 aromatic rings. The lowest BCUT2D eigenvalue weighted by atomic mass is 10.2. The SMILES string of the molecule is CCCc1nc2c(C)cc(Br)cn2c1C(=O)N(CCC)CCC. The van der Waals surface area contributed by atoms with Gasteiger partial charge in [0.15, 0.2) is 0 Å². The highest BCUT2D eigenvalue weighted by molar-refractivity contribution is 9.10. The van der Waals surface area contributed by atoms with E-state index in [0.29, 0.717) is 0 Å².